The first-order valence-electron chi connectivity index (χ1n) is 6.10. The van der Waals surface area contributed by atoms with Gasteiger partial charge >= 0.3 is 0 Å². The molecule has 2 amide bonds. The Morgan fingerprint density at radius 3 is 2.50 bits per heavy atom. The summed E-state index contributed by atoms with van der Waals surface area (Å²) in [4.78, 5) is 25.6. The smallest absolute Gasteiger partial charge is 0.261 e. The number of imide groups is 1. The lowest BCUT2D eigenvalue weighted by Crippen LogP contribution is -2.29. The molecule has 1 heterocycles. The van der Waals surface area contributed by atoms with Crippen LogP contribution in [0.3, 0.4) is 0 Å². The third kappa shape index (κ3) is 1.89. The fourth-order valence-corrected chi connectivity index (χ4v) is 2.29. The zero-order valence-corrected chi connectivity index (χ0v) is 10.5. The van der Waals surface area contributed by atoms with Gasteiger partial charge < -0.3 is 10.8 Å². The van der Waals surface area contributed by atoms with Crippen molar-refractivity contribution < 1.29 is 14.7 Å². The van der Waals surface area contributed by atoms with Crippen LogP contribution in [0.25, 0.3) is 0 Å². The summed E-state index contributed by atoms with van der Waals surface area (Å²) < 4.78 is 0. The van der Waals surface area contributed by atoms with Crippen LogP contribution in [0.1, 0.15) is 26.3 Å². The minimum Gasteiger partial charge on any atom is -0.508 e. The molecule has 0 radical (unpaired) electrons. The van der Waals surface area contributed by atoms with Crippen molar-refractivity contribution in [3.63, 3.8) is 0 Å². The number of nitrogens with two attached hydrogens (primary N) is 1. The van der Waals surface area contributed by atoms with Gasteiger partial charge in [0, 0.05) is 5.69 Å². The fraction of sp³-hybridized carbons (Fsp3) is 0.0667. The molecule has 2 aromatic rings. The molecule has 5 nitrogen and oxygen atoms in total. The molecule has 0 saturated heterocycles. The Bertz CT molecular complexity index is 725. The molecule has 0 fully saturated rings. The lowest BCUT2D eigenvalue weighted by Gasteiger charge is -2.13. The van der Waals surface area contributed by atoms with Crippen molar-refractivity contribution in [1.29, 1.82) is 0 Å². The first-order chi connectivity index (χ1) is 9.56. The SMILES string of the molecule is Nc1ccc2c(c1)C(=O)N(Cc1cccc(O)c1)C2=O. The van der Waals surface area contributed by atoms with Crippen LogP contribution in [0.5, 0.6) is 5.75 Å². The summed E-state index contributed by atoms with van der Waals surface area (Å²) in [5.41, 5.74) is 7.47. The van der Waals surface area contributed by atoms with E-state index in [1.165, 1.54) is 18.2 Å². The second kappa shape index (κ2) is 4.38. The van der Waals surface area contributed by atoms with E-state index in [9.17, 15) is 14.7 Å². The Labute approximate surface area is 115 Å². The van der Waals surface area contributed by atoms with Crippen molar-refractivity contribution in [2.75, 3.05) is 5.73 Å². The van der Waals surface area contributed by atoms with E-state index in [1.54, 1.807) is 24.3 Å². The standard InChI is InChI=1S/C15H12N2O3/c16-10-4-5-12-13(7-10)15(20)17(14(12)19)8-9-2-1-3-11(18)6-9/h1-7,18H,8,16H2. The van der Waals surface area contributed by atoms with Crippen molar-refractivity contribution in [1.82, 2.24) is 4.90 Å². The van der Waals surface area contributed by atoms with Gasteiger partial charge in [-0.15, -0.1) is 0 Å². The number of hydrogen-bond acceptors (Lipinski definition) is 4. The monoisotopic (exact) mass is 268 g/mol. The predicted molar refractivity (Wildman–Crippen MR) is 73.2 cm³/mol. The average molecular weight is 268 g/mol. The summed E-state index contributed by atoms with van der Waals surface area (Å²) >= 11 is 0. The number of rotatable bonds is 2. The number of carbonyl (C=O) groups excluding carboxylic acids is 2. The zero-order chi connectivity index (χ0) is 14.3. The summed E-state index contributed by atoms with van der Waals surface area (Å²) in [5, 5.41) is 9.42. The molecule has 3 N–H and O–H groups in total. The molecule has 1 aliphatic heterocycles. The third-order valence-corrected chi connectivity index (χ3v) is 3.25. The van der Waals surface area contributed by atoms with E-state index in [4.69, 9.17) is 5.73 Å². The number of benzene rings is 2. The minimum absolute atomic E-state index is 0.100. The van der Waals surface area contributed by atoms with Crippen LogP contribution in [-0.2, 0) is 6.54 Å². The van der Waals surface area contributed by atoms with Crippen LogP contribution in [0.2, 0.25) is 0 Å². The number of phenolic OH excluding ortho intramolecular Hbond substituents is 1. The number of carbonyl (C=O) groups is 2. The van der Waals surface area contributed by atoms with Crippen molar-refractivity contribution in [3.05, 3.63) is 59.2 Å². The third-order valence-electron chi connectivity index (χ3n) is 3.25. The molecule has 0 aromatic heterocycles. The summed E-state index contributed by atoms with van der Waals surface area (Å²) in [6.45, 7) is 0.126. The lowest BCUT2D eigenvalue weighted by atomic mass is 10.1. The van der Waals surface area contributed by atoms with Crippen molar-refractivity contribution in [3.8, 4) is 5.75 Å². The van der Waals surface area contributed by atoms with Crippen LogP contribution >= 0.6 is 0 Å². The second-order valence-corrected chi connectivity index (χ2v) is 4.67. The Morgan fingerprint density at radius 1 is 1.00 bits per heavy atom. The Kier molecular flexibility index (Phi) is 2.68. The lowest BCUT2D eigenvalue weighted by molar-refractivity contribution is 0.0642. The number of aromatic hydroxyl groups is 1. The van der Waals surface area contributed by atoms with Crippen LogP contribution < -0.4 is 5.73 Å². The van der Waals surface area contributed by atoms with Crippen LogP contribution in [0.15, 0.2) is 42.5 Å². The number of phenols is 1. The van der Waals surface area contributed by atoms with Gasteiger partial charge in [-0.3, -0.25) is 14.5 Å². The fourth-order valence-electron chi connectivity index (χ4n) is 2.29. The maximum absolute atomic E-state index is 12.2. The maximum atomic E-state index is 12.2. The van der Waals surface area contributed by atoms with Gasteiger partial charge in [0.25, 0.3) is 11.8 Å². The molecule has 20 heavy (non-hydrogen) atoms. The highest BCUT2D eigenvalue weighted by atomic mass is 16.3. The number of hydrogen-bond donors (Lipinski definition) is 2. The molecule has 0 bridgehead atoms. The number of amides is 2. The van der Waals surface area contributed by atoms with Gasteiger partial charge in [0.1, 0.15) is 5.75 Å². The van der Waals surface area contributed by atoms with E-state index in [0.29, 0.717) is 22.4 Å². The van der Waals surface area contributed by atoms with Crippen molar-refractivity contribution in [2.24, 2.45) is 0 Å². The van der Waals surface area contributed by atoms with E-state index in [0.717, 1.165) is 4.90 Å². The second-order valence-electron chi connectivity index (χ2n) is 4.67. The van der Waals surface area contributed by atoms with E-state index in [1.807, 2.05) is 0 Å². The first kappa shape index (κ1) is 12.2. The molecular formula is C15H12N2O3. The van der Waals surface area contributed by atoms with Gasteiger partial charge in [-0.1, -0.05) is 12.1 Å². The average Bonchev–Trinajstić information content (AvgIpc) is 2.64. The highest BCUT2D eigenvalue weighted by molar-refractivity contribution is 6.21. The number of nitrogen functional groups attached to an aromatic ring is 1. The minimum atomic E-state index is -0.361. The Morgan fingerprint density at radius 2 is 1.75 bits per heavy atom. The van der Waals surface area contributed by atoms with Crippen LogP contribution in [0.4, 0.5) is 5.69 Å². The molecule has 0 spiro atoms. The molecule has 0 aliphatic carbocycles. The highest BCUT2D eigenvalue weighted by Crippen LogP contribution is 2.26. The van der Waals surface area contributed by atoms with E-state index < -0.39 is 0 Å². The van der Waals surface area contributed by atoms with E-state index in [-0.39, 0.29) is 24.1 Å². The van der Waals surface area contributed by atoms with E-state index in [2.05, 4.69) is 0 Å². The molecule has 0 saturated carbocycles. The number of nitrogens with zero attached hydrogens (tertiary/aromatic N) is 1. The molecule has 2 aromatic carbocycles. The summed E-state index contributed by atoms with van der Waals surface area (Å²) in [7, 11) is 0. The van der Waals surface area contributed by atoms with Gasteiger partial charge in [0.15, 0.2) is 0 Å². The van der Waals surface area contributed by atoms with Gasteiger partial charge in [0.05, 0.1) is 17.7 Å². The van der Waals surface area contributed by atoms with Crippen LogP contribution in [0, 0.1) is 0 Å². The predicted octanol–water partition coefficient (Wildman–Crippen LogP) is 1.77. The first-order valence-corrected chi connectivity index (χ1v) is 6.10. The van der Waals surface area contributed by atoms with Crippen molar-refractivity contribution >= 4 is 17.5 Å². The quantitative estimate of drug-likeness (QED) is 0.642. The Balaban J connectivity index is 1.94. The zero-order valence-electron chi connectivity index (χ0n) is 10.5. The molecular weight excluding hydrogens is 256 g/mol. The highest BCUT2D eigenvalue weighted by Gasteiger charge is 2.35. The van der Waals surface area contributed by atoms with Gasteiger partial charge in [-0.05, 0) is 35.9 Å². The number of fused-ring (bicyclic) bond motifs is 1. The van der Waals surface area contributed by atoms with Gasteiger partial charge in [0.2, 0.25) is 0 Å². The maximum Gasteiger partial charge on any atom is 0.261 e. The molecule has 0 unspecified atom stereocenters. The largest absolute Gasteiger partial charge is 0.508 e. The molecule has 0 atom stereocenters. The molecule has 3 rings (SSSR count). The van der Waals surface area contributed by atoms with E-state index >= 15 is 0 Å². The van der Waals surface area contributed by atoms with Gasteiger partial charge in [-0.25, -0.2) is 0 Å². The molecule has 100 valence electrons. The normalized spacial score (nSPS) is 13.7. The summed E-state index contributed by atoms with van der Waals surface area (Å²) in [6.07, 6.45) is 0. The molecule has 5 heteroatoms. The topological polar surface area (TPSA) is 83.6 Å². The summed E-state index contributed by atoms with van der Waals surface area (Å²) in [6, 6.07) is 11.1. The van der Waals surface area contributed by atoms with Crippen molar-refractivity contribution in [2.45, 2.75) is 6.54 Å². The Hall–Kier alpha value is -2.82. The van der Waals surface area contributed by atoms with Gasteiger partial charge in [-0.2, -0.15) is 0 Å². The molecule has 1 aliphatic rings. The number of anilines is 1. The summed E-state index contributed by atoms with van der Waals surface area (Å²) in [5.74, 6) is -0.600. The van der Waals surface area contributed by atoms with Crippen LogP contribution in [-0.4, -0.2) is 21.8 Å².